The molecule has 1 heterocycles. The van der Waals surface area contributed by atoms with Crippen LogP contribution in [0.25, 0.3) is 11.3 Å². The summed E-state index contributed by atoms with van der Waals surface area (Å²) in [5, 5.41) is 2.20. The van der Waals surface area contributed by atoms with E-state index in [2.05, 4.69) is 4.98 Å². The lowest BCUT2D eigenvalue weighted by molar-refractivity contribution is -0.137. The van der Waals surface area contributed by atoms with E-state index < -0.39 is 11.7 Å². The average molecular weight is 278 g/mol. The van der Waals surface area contributed by atoms with Crippen molar-refractivity contribution in [2.45, 2.75) is 12.1 Å². The van der Waals surface area contributed by atoms with Crippen LogP contribution in [0.4, 0.5) is 13.2 Å². The van der Waals surface area contributed by atoms with Crippen LogP contribution in [0.15, 0.2) is 29.6 Å². The minimum Gasteiger partial charge on any atom is -0.240 e. The highest BCUT2D eigenvalue weighted by Gasteiger charge is 2.33. The first-order valence-corrected chi connectivity index (χ1v) is 6.11. The molecule has 0 unspecified atom stereocenters. The highest BCUT2D eigenvalue weighted by Crippen LogP contribution is 2.37. The molecule has 0 radical (unpaired) electrons. The van der Waals surface area contributed by atoms with Crippen LogP contribution in [0.5, 0.6) is 0 Å². The molecule has 0 saturated heterocycles. The molecule has 0 bridgehead atoms. The molecule has 6 heteroatoms. The first-order valence-electron chi connectivity index (χ1n) is 4.69. The highest BCUT2D eigenvalue weighted by atomic mass is 35.5. The molecule has 90 valence electrons. The number of halogens is 4. The Bertz CT molecular complexity index is 521. The molecular weight excluding hydrogens is 271 g/mol. The first kappa shape index (κ1) is 12.4. The van der Waals surface area contributed by atoms with Crippen molar-refractivity contribution in [3.05, 3.63) is 40.2 Å². The van der Waals surface area contributed by atoms with E-state index in [1.165, 1.54) is 23.5 Å². The zero-order valence-corrected chi connectivity index (χ0v) is 10.0. The van der Waals surface area contributed by atoms with E-state index in [4.69, 9.17) is 11.6 Å². The van der Waals surface area contributed by atoms with Gasteiger partial charge in [-0.05, 0) is 6.07 Å². The third kappa shape index (κ3) is 2.61. The van der Waals surface area contributed by atoms with Crippen molar-refractivity contribution in [2.24, 2.45) is 0 Å². The molecule has 0 aliphatic carbocycles. The number of nitrogens with zero attached hydrogens (tertiary/aromatic N) is 1. The molecule has 0 amide bonds. The van der Waals surface area contributed by atoms with Gasteiger partial charge in [-0.15, -0.1) is 22.9 Å². The van der Waals surface area contributed by atoms with Gasteiger partial charge in [0.05, 0.1) is 17.1 Å². The van der Waals surface area contributed by atoms with Gasteiger partial charge in [0, 0.05) is 10.9 Å². The molecule has 2 aromatic rings. The van der Waals surface area contributed by atoms with Crippen molar-refractivity contribution < 1.29 is 13.2 Å². The van der Waals surface area contributed by atoms with E-state index >= 15 is 0 Å². The highest BCUT2D eigenvalue weighted by molar-refractivity contribution is 7.10. The summed E-state index contributed by atoms with van der Waals surface area (Å²) in [7, 11) is 0. The maximum Gasteiger partial charge on any atom is 0.417 e. The van der Waals surface area contributed by atoms with Gasteiger partial charge in [-0.1, -0.05) is 18.2 Å². The van der Waals surface area contributed by atoms with Crippen molar-refractivity contribution in [1.82, 2.24) is 4.98 Å². The molecule has 1 aromatic carbocycles. The minimum absolute atomic E-state index is 0.0904. The Balaban J connectivity index is 2.52. The van der Waals surface area contributed by atoms with Gasteiger partial charge in [-0.3, -0.25) is 0 Å². The maximum atomic E-state index is 12.8. The molecule has 0 spiro atoms. The standard InChI is InChI=1S/C11H7ClF3NS/c12-5-10-16-9(6-17-10)7-3-1-2-4-8(7)11(13,14)15/h1-4,6H,5H2. The smallest absolute Gasteiger partial charge is 0.240 e. The number of aromatic nitrogens is 1. The maximum absolute atomic E-state index is 12.8. The number of benzene rings is 1. The van der Waals surface area contributed by atoms with Gasteiger partial charge in [0.15, 0.2) is 0 Å². The molecule has 1 nitrogen and oxygen atoms in total. The monoisotopic (exact) mass is 277 g/mol. The second-order valence-electron chi connectivity index (χ2n) is 3.30. The number of thiazole rings is 1. The molecule has 0 aliphatic rings. The van der Waals surface area contributed by atoms with Crippen LogP contribution < -0.4 is 0 Å². The molecule has 0 atom stereocenters. The van der Waals surface area contributed by atoms with E-state index in [1.54, 1.807) is 11.4 Å². The summed E-state index contributed by atoms with van der Waals surface area (Å²) in [5.41, 5.74) is -0.266. The largest absolute Gasteiger partial charge is 0.417 e. The Kier molecular flexibility index (Phi) is 3.40. The first-order chi connectivity index (χ1) is 8.02. The Morgan fingerprint density at radius 2 is 1.94 bits per heavy atom. The third-order valence-corrected chi connectivity index (χ3v) is 3.43. The molecule has 0 saturated carbocycles. The van der Waals surface area contributed by atoms with Crippen molar-refractivity contribution in [1.29, 1.82) is 0 Å². The lowest BCUT2D eigenvalue weighted by Gasteiger charge is -2.10. The fourth-order valence-electron chi connectivity index (χ4n) is 1.45. The molecule has 17 heavy (non-hydrogen) atoms. The minimum atomic E-state index is -4.37. The van der Waals surface area contributed by atoms with Gasteiger partial charge < -0.3 is 0 Å². The van der Waals surface area contributed by atoms with Crippen LogP contribution in [0.3, 0.4) is 0 Å². The van der Waals surface area contributed by atoms with Gasteiger partial charge in [0.2, 0.25) is 0 Å². The Labute approximate surface area is 105 Å². The second kappa shape index (κ2) is 4.66. The summed E-state index contributed by atoms with van der Waals surface area (Å²) in [5.74, 6) is 0.207. The topological polar surface area (TPSA) is 12.9 Å². The van der Waals surface area contributed by atoms with Crippen molar-refractivity contribution >= 4 is 22.9 Å². The van der Waals surface area contributed by atoms with Crippen LogP contribution >= 0.6 is 22.9 Å². The van der Waals surface area contributed by atoms with E-state index in [1.807, 2.05) is 0 Å². The Hall–Kier alpha value is -1.07. The van der Waals surface area contributed by atoms with Gasteiger partial charge in [0.1, 0.15) is 5.01 Å². The molecule has 2 rings (SSSR count). The summed E-state index contributed by atoms with van der Waals surface area (Å²) in [4.78, 5) is 4.06. The van der Waals surface area contributed by atoms with Crippen molar-refractivity contribution in [3.63, 3.8) is 0 Å². The normalized spacial score (nSPS) is 11.8. The van der Waals surface area contributed by atoms with E-state index in [9.17, 15) is 13.2 Å². The van der Waals surface area contributed by atoms with Crippen molar-refractivity contribution in [3.8, 4) is 11.3 Å². The Morgan fingerprint density at radius 1 is 1.24 bits per heavy atom. The summed E-state index contributed by atoms with van der Waals surface area (Å²) in [6.07, 6.45) is -4.37. The molecule has 0 N–H and O–H groups in total. The summed E-state index contributed by atoms with van der Waals surface area (Å²) < 4.78 is 38.3. The summed E-state index contributed by atoms with van der Waals surface area (Å²) in [6, 6.07) is 5.39. The second-order valence-corrected chi connectivity index (χ2v) is 4.51. The lowest BCUT2D eigenvalue weighted by atomic mass is 10.1. The van der Waals surface area contributed by atoms with Crippen LogP contribution in [0.2, 0.25) is 0 Å². The zero-order valence-electron chi connectivity index (χ0n) is 8.46. The predicted molar refractivity (Wildman–Crippen MR) is 62.1 cm³/mol. The number of rotatable bonds is 2. The summed E-state index contributed by atoms with van der Waals surface area (Å²) >= 11 is 6.84. The van der Waals surface area contributed by atoms with Crippen LogP contribution in [-0.2, 0) is 12.1 Å². The lowest BCUT2D eigenvalue weighted by Crippen LogP contribution is -2.06. The van der Waals surface area contributed by atoms with Crippen LogP contribution in [-0.4, -0.2) is 4.98 Å². The number of hydrogen-bond donors (Lipinski definition) is 0. The Morgan fingerprint density at radius 3 is 2.53 bits per heavy atom. The SMILES string of the molecule is FC(F)(F)c1ccccc1-c1csc(CCl)n1. The fraction of sp³-hybridized carbons (Fsp3) is 0.182. The number of hydrogen-bond acceptors (Lipinski definition) is 2. The molecular formula is C11H7ClF3NS. The predicted octanol–water partition coefficient (Wildman–Crippen LogP) is 4.57. The van der Waals surface area contributed by atoms with E-state index in [-0.39, 0.29) is 11.4 Å². The molecule has 0 fully saturated rings. The quantitative estimate of drug-likeness (QED) is 0.733. The van der Waals surface area contributed by atoms with E-state index in [0.29, 0.717) is 10.7 Å². The van der Waals surface area contributed by atoms with Gasteiger partial charge in [0.25, 0.3) is 0 Å². The third-order valence-electron chi connectivity index (χ3n) is 2.17. The van der Waals surface area contributed by atoms with Gasteiger partial charge in [-0.25, -0.2) is 4.98 Å². The van der Waals surface area contributed by atoms with Crippen LogP contribution in [0.1, 0.15) is 10.6 Å². The average Bonchev–Trinajstić information content (AvgIpc) is 2.76. The zero-order chi connectivity index (χ0) is 12.5. The van der Waals surface area contributed by atoms with Crippen molar-refractivity contribution in [2.75, 3.05) is 0 Å². The summed E-state index contributed by atoms with van der Waals surface area (Å²) in [6.45, 7) is 0. The fourth-order valence-corrected chi connectivity index (χ4v) is 2.34. The number of alkyl halides is 4. The van der Waals surface area contributed by atoms with Gasteiger partial charge >= 0.3 is 6.18 Å². The molecule has 1 aromatic heterocycles. The van der Waals surface area contributed by atoms with E-state index in [0.717, 1.165) is 6.07 Å². The molecule has 0 aliphatic heterocycles. The van der Waals surface area contributed by atoms with Crippen LogP contribution in [0, 0.1) is 0 Å². The van der Waals surface area contributed by atoms with Gasteiger partial charge in [-0.2, -0.15) is 13.2 Å².